The molecule has 0 saturated carbocycles. The molecule has 1 aromatic carbocycles. The third-order valence-electron chi connectivity index (χ3n) is 1.93. The van der Waals surface area contributed by atoms with Crippen LogP contribution >= 0.6 is 0 Å². The molecule has 3 nitrogen and oxygen atoms in total. The van der Waals surface area contributed by atoms with Crippen molar-refractivity contribution in [2.24, 2.45) is 16.6 Å². The second-order valence-corrected chi connectivity index (χ2v) is 3.71. The monoisotopic (exact) mass is 246 g/mol. The topological polar surface area (TPSA) is 47.6 Å². The van der Waals surface area contributed by atoms with E-state index in [1.54, 1.807) is 19.9 Å². The molecule has 17 heavy (non-hydrogen) atoms. The predicted molar refractivity (Wildman–Crippen MR) is 59.2 cm³/mol. The van der Waals surface area contributed by atoms with Gasteiger partial charge >= 0.3 is 6.36 Å². The smallest absolute Gasteiger partial charge is 0.403 e. The van der Waals surface area contributed by atoms with Gasteiger partial charge in [0.15, 0.2) is 5.75 Å². The number of para-hydroxylation sites is 2. The second-order valence-electron chi connectivity index (χ2n) is 3.71. The summed E-state index contributed by atoms with van der Waals surface area (Å²) in [5.74, 6) is -0.152. The van der Waals surface area contributed by atoms with Crippen molar-refractivity contribution in [2.45, 2.75) is 20.2 Å². The van der Waals surface area contributed by atoms with E-state index in [4.69, 9.17) is 5.73 Å². The summed E-state index contributed by atoms with van der Waals surface area (Å²) in [5.41, 5.74) is 5.66. The van der Waals surface area contributed by atoms with E-state index in [-0.39, 0.29) is 23.2 Å². The number of ether oxygens (including phenoxy) is 1. The van der Waals surface area contributed by atoms with Crippen LogP contribution in [0.5, 0.6) is 5.75 Å². The van der Waals surface area contributed by atoms with Crippen LogP contribution in [0.25, 0.3) is 0 Å². The Balaban J connectivity index is 3.04. The first-order valence-electron chi connectivity index (χ1n) is 4.98. The number of benzene rings is 1. The van der Waals surface area contributed by atoms with Crippen LogP contribution in [0.3, 0.4) is 0 Å². The standard InChI is InChI=1S/C11H13F3N2O/c1-7(2)10(15)16-8-5-3-4-6-9(8)17-11(12,13)14/h3-7H,1-2H3,(H2,15,16). The highest BCUT2D eigenvalue weighted by Gasteiger charge is 2.32. The molecule has 6 heteroatoms. The molecular weight excluding hydrogens is 233 g/mol. The summed E-state index contributed by atoms with van der Waals surface area (Å²) in [6, 6.07) is 5.61. The molecule has 0 spiro atoms. The molecule has 0 heterocycles. The minimum absolute atomic E-state index is 0.0473. The van der Waals surface area contributed by atoms with Gasteiger partial charge in [0, 0.05) is 5.92 Å². The summed E-state index contributed by atoms with van der Waals surface area (Å²) in [7, 11) is 0. The lowest BCUT2D eigenvalue weighted by Crippen LogP contribution is -2.19. The summed E-state index contributed by atoms with van der Waals surface area (Å²) in [6.45, 7) is 3.60. The van der Waals surface area contributed by atoms with Gasteiger partial charge in [-0.2, -0.15) is 0 Å². The van der Waals surface area contributed by atoms with E-state index in [1.807, 2.05) is 0 Å². The summed E-state index contributed by atoms with van der Waals surface area (Å²) in [5, 5.41) is 0. The van der Waals surface area contributed by atoms with Crippen LogP contribution in [-0.4, -0.2) is 12.2 Å². The van der Waals surface area contributed by atoms with Crippen molar-refractivity contribution in [1.29, 1.82) is 0 Å². The Hall–Kier alpha value is -1.72. The molecule has 0 aliphatic rings. The third kappa shape index (κ3) is 4.34. The fourth-order valence-corrected chi connectivity index (χ4v) is 1.03. The Bertz CT molecular complexity index is 413. The zero-order valence-corrected chi connectivity index (χ0v) is 9.45. The lowest BCUT2D eigenvalue weighted by molar-refractivity contribution is -0.274. The van der Waals surface area contributed by atoms with Crippen LogP contribution in [0, 0.1) is 5.92 Å². The van der Waals surface area contributed by atoms with Gasteiger partial charge in [-0.3, -0.25) is 0 Å². The predicted octanol–water partition coefficient (Wildman–Crippen LogP) is 3.23. The van der Waals surface area contributed by atoms with E-state index < -0.39 is 6.36 Å². The van der Waals surface area contributed by atoms with E-state index in [1.165, 1.54) is 18.2 Å². The molecule has 0 unspecified atom stereocenters. The van der Waals surface area contributed by atoms with Crippen LogP contribution in [0.2, 0.25) is 0 Å². The van der Waals surface area contributed by atoms with Gasteiger partial charge in [0.1, 0.15) is 11.5 Å². The molecule has 0 aromatic heterocycles. The summed E-state index contributed by atoms with van der Waals surface area (Å²) >= 11 is 0. The Morgan fingerprint density at radius 2 is 1.88 bits per heavy atom. The Morgan fingerprint density at radius 3 is 2.41 bits per heavy atom. The zero-order chi connectivity index (χ0) is 13.1. The highest BCUT2D eigenvalue weighted by Crippen LogP contribution is 2.32. The van der Waals surface area contributed by atoms with E-state index >= 15 is 0 Å². The highest BCUT2D eigenvalue weighted by molar-refractivity contribution is 5.85. The van der Waals surface area contributed by atoms with Crippen molar-refractivity contribution in [2.75, 3.05) is 0 Å². The van der Waals surface area contributed by atoms with Crippen LogP contribution in [-0.2, 0) is 0 Å². The maximum Gasteiger partial charge on any atom is 0.573 e. The van der Waals surface area contributed by atoms with Gasteiger partial charge in [0.05, 0.1) is 0 Å². The van der Waals surface area contributed by atoms with Gasteiger partial charge in [-0.15, -0.1) is 13.2 Å². The van der Waals surface area contributed by atoms with Crippen LogP contribution in [0.4, 0.5) is 18.9 Å². The lowest BCUT2D eigenvalue weighted by Gasteiger charge is -2.11. The van der Waals surface area contributed by atoms with Gasteiger partial charge in [-0.1, -0.05) is 26.0 Å². The van der Waals surface area contributed by atoms with E-state index in [9.17, 15) is 13.2 Å². The fraction of sp³-hybridized carbons (Fsp3) is 0.364. The molecule has 0 saturated heterocycles. The molecule has 0 fully saturated rings. The number of hydrogen-bond donors (Lipinski definition) is 1. The molecule has 1 aromatic rings. The van der Waals surface area contributed by atoms with Crippen molar-refractivity contribution in [3.63, 3.8) is 0 Å². The maximum absolute atomic E-state index is 12.1. The number of alkyl halides is 3. The molecule has 0 aliphatic carbocycles. The third-order valence-corrected chi connectivity index (χ3v) is 1.93. The summed E-state index contributed by atoms with van der Waals surface area (Å²) in [4.78, 5) is 3.91. The molecule has 0 radical (unpaired) electrons. The minimum Gasteiger partial charge on any atom is -0.403 e. The number of nitrogens with zero attached hydrogens (tertiary/aromatic N) is 1. The number of hydrogen-bond acceptors (Lipinski definition) is 2. The Kier molecular flexibility index (Phi) is 3.98. The summed E-state index contributed by atoms with van der Waals surface area (Å²) in [6.07, 6.45) is -4.74. The van der Waals surface area contributed by atoms with E-state index in [0.717, 1.165) is 0 Å². The average Bonchev–Trinajstić information content (AvgIpc) is 2.18. The molecule has 2 N–H and O–H groups in total. The van der Waals surface area contributed by atoms with Gasteiger partial charge < -0.3 is 10.5 Å². The van der Waals surface area contributed by atoms with Gasteiger partial charge in [-0.25, -0.2) is 4.99 Å². The first kappa shape index (κ1) is 13.3. The SMILES string of the molecule is CC(C)C(N)=Nc1ccccc1OC(F)(F)F. The van der Waals surface area contributed by atoms with E-state index in [2.05, 4.69) is 9.73 Å². The molecule has 0 bridgehead atoms. The normalized spacial score (nSPS) is 12.9. The number of amidine groups is 1. The zero-order valence-electron chi connectivity index (χ0n) is 9.45. The molecule has 0 amide bonds. The van der Waals surface area contributed by atoms with Gasteiger partial charge in [-0.05, 0) is 12.1 Å². The number of nitrogens with two attached hydrogens (primary N) is 1. The number of aliphatic imine (C=N–C) groups is 1. The number of rotatable bonds is 3. The van der Waals surface area contributed by atoms with Gasteiger partial charge in [0.2, 0.25) is 0 Å². The van der Waals surface area contributed by atoms with Crippen molar-refractivity contribution in [3.8, 4) is 5.75 Å². The van der Waals surface area contributed by atoms with E-state index in [0.29, 0.717) is 0 Å². The first-order valence-corrected chi connectivity index (χ1v) is 4.98. The largest absolute Gasteiger partial charge is 0.573 e. The quantitative estimate of drug-likeness (QED) is 0.657. The number of halogens is 3. The lowest BCUT2D eigenvalue weighted by atomic mass is 10.2. The summed E-state index contributed by atoms with van der Waals surface area (Å²) < 4.78 is 40.2. The molecule has 0 aliphatic heterocycles. The van der Waals surface area contributed by atoms with Crippen LogP contribution in [0.1, 0.15) is 13.8 Å². The molecule has 94 valence electrons. The molecular formula is C11H13F3N2O. The molecule has 0 atom stereocenters. The minimum atomic E-state index is -4.74. The first-order chi connectivity index (χ1) is 7.79. The van der Waals surface area contributed by atoms with Gasteiger partial charge in [0.25, 0.3) is 0 Å². The van der Waals surface area contributed by atoms with Crippen molar-refractivity contribution >= 4 is 11.5 Å². The average molecular weight is 246 g/mol. The highest BCUT2D eigenvalue weighted by atomic mass is 19.4. The maximum atomic E-state index is 12.1. The second kappa shape index (κ2) is 5.07. The van der Waals surface area contributed by atoms with Crippen molar-refractivity contribution in [1.82, 2.24) is 0 Å². The Labute approximate surface area is 97.1 Å². The molecule has 1 rings (SSSR count). The van der Waals surface area contributed by atoms with Crippen molar-refractivity contribution in [3.05, 3.63) is 24.3 Å². The fourth-order valence-electron chi connectivity index (χ4n) is 1.03. The Morgan fingerprint density at radius 1 is 1.29 bits per heavy atom. The van der Waals surface area contributed by atoms with Crippen LogP contribution in [0.15, 0.2) is 29.3 Å². The van der Waals surface area contributed by atoms with Crippen LogP contribution < -0.4 is 10.5 Å². The van der Waals surface area contributed by atoms with Crippen molar-refractivity contribution < 1.29 is 17.9 Å².